The first-order chi connectivity index (χ1) is 13.0. The number of carbonyl (C=O) groups is 1. The van der Waals surface area contributed by atoms with Crippen LogP contribution in [0.3, 0.4) is 0 Å². The Morgan fingerprint density at radius 3 is 2.74 bits per heavy atom. The lowest BCUT2D eigenvalue weighted by atomic mass is 9.95. The van der Waals surface area contributed by atoms with Gasteiger partial charge in [-0.05, 0) is 51.0 Å². The lowest BCUT2D eigenvalue weighted by Crippen LogP contribution is -2.40. The molecule has 0 saturated heterocycles. The molecule has 1 saturated carbocycles. The molecule has 0 aromatic carbocycles. The Labute approximate surface area is 167 Å². The third-order valence-corrected chi connectivity index (χ3v) is 8.09. The summed E-state index contributed by atoms with van der Waals surface area (Å²) in [6.07, 6.45) is 10.2. The Balaban J connectivity index is 1.55. The molecule has 1 atom stereocenters. The molecule has 27 heavy (non-hydrogen) atoms. The van der Waals surface area contributed by atoms with E-state index in [-0.39, 0.29) is 16.7 Å². The van der Waals surface area contributed by atoms with Gasteiger partial charge in [-0.2, -0.15) is 0 Å². The number of hydrogen-bond acceptors (Lipinski definition) is 5. The molecular weight excluding hydrogens is 378 g/mol. The summed E-state index contributed by atoms with van der Waals surface area (Å²) in [6.45, 7) is 1.90. The summed E-state index contributed by atoms with van der Waals surface area (Å²) in [4.78, 5) is 32.5. The summed E-state index contributed by atoms with van der Waals surface area (Å²) in [7, 11) is 1.77. The molecule has 4 rings (SSSR count). The molecule has 2 aromatic heterocycles. The van der Waals surface area contributed by atoms with Crippen molar-refractivity contribution in [2.75, 3.05) is 0 Å². The van der Waals surface area contributed by atoms with Gasteiger partial charge in [-0.15, -0.1) is 11.3 Å². The van der Waals surface area contributed by atoms with Crippen molar-refractivity contribution in [3.8, 4) is 0 Å². The first-order valence-corrected chi connectivity index (χ1v) is 11.7. The van der Waals surface area contributed by atoms with Gasteiger partial charge in [0.15, 0.2) is 5.16 Å². The van der Waals surface area contributed by atoms with Gasteiger partial charge in [0, 0.05) is 18.0 Å². The number of fused-ring (bicyclic) bond motifs is 3. The Kier molecular flexibility index (Phi) is 5.60. The summed E-state index contributed by atoms with van der Waals surface area (Å²) < 4.78 is 1.62. The highest BCUT2D eigenvalue weighted by molar-refractivity contribution is 8.00. The van der Waals surface area contributed by atoms with Gasteiger partial charge in [-0.1, -0.05) is 31.0 Å². The van der Waals surface area contributed by atoms with Crippen molar-refractivity contribution in [3.63, 3.8) is 0 Å². The highest BCUT2D eigenvalue weighted by atomic mass is 32.2. The molecule has 1 N–H and O–H groups in total. The number of aromatic nitrogens is 2. The maximum Gasteiger partial charge on any atom is 0.262 e. The van der Waals surface area contributed by atoms with E-state index in [4.69, 9.17) is 4.98 Å². The summed E-state index contributed by atoms with van der Waals surface area (Å²) >= 11 is 3.05. The van der Waals surface area contributed by atoms with E-state index in [0.717, 1.165) is 42.3 Å². The van der Waals surface area contributed by atoms with Crippen LogP contribution in [-0.4, -0.2) is 26.8 Å². The fraction of sp³-hybridized carbons (Fsp3) is 0.650. The van der Waals surface area contributed by atoms with Gasteiger partial charge in [-0.25, -0.2) is 4.98 Å². The Hall–Kier alpha value is -1.34. The lowest BCUT2D eigenvalue weighted by molar-refractivity contribution is -0.121. The summed E-state index contributed by atoms with van der Waals surface area (Å²) in [5.41, 5.74) is 1.25. The van der Waals surface area contributed by atoms with Crippen molar-refractivity contribution in [1.82, 2.24) is 14.9 Å². The van der Waals surface area contributed by atoms with Crippen LogP contribution in [0.15, 0.2) is 9.95 Å². The standard InChI is InChI=1S/C20H27N3O2S2/c1-12(17(24)21-13-8-4-3-5-9-13)26-20-22-18-16(19(25)23(20)2)14-10-6-7-11-15(14)27-18/h12-13H,3-11H2,1-2H3,(H,21,24). The molecule has 1 unspecified atom stereocenters. The Morgan fingerprint density at radius 2 is 1.96 bits per heavy atom. The number of thioether (sulfide) groups is 1. The molecule has 1 amide bonds. The van der Waals surface area contributed by atoms with Crippen molar-refractivity contribution in [2.45, 2.75) is 81.2 Å². The summed E-state index contributed by atoms with van der Waals surface area (Å²) in [5, 5.41) is 4.35. The molecule has 2 aromatic rings. The minimum Gasteiger partial charge on any atom is -0.352 e. The molecule has 2 aliphatic carbocycles. The highest BCUT2D eigenvalue weighted by Gasteiger charge is 2.24. The van der Waals surface area contributed by atoms with Crippen LogP contribution in [0.4, 0.5) is 0 Å². The predicted octanol–water partition coefficient (Wildman–Crippen LogP) is 3.80. The maximum absolute atomic E-state index is 13.0. The van der Waals surface area contributed by atoms with E-state index >= 15 is 0 Å². The fourth-order valence-electron chi connectivity index (χ4n) is 4.15. The molecule has 1 fully saturated rings. The number of rotatable bonds is 4. The van der Waals surface area contributed by atoms with Crippen LogP contribution < -0.4 is 10.9 Å². The minimum atomic E-state index is -0.267. The molecular formula is C20H27N3O2S2. The zero-order chi connectivity index (χ0) is 19.0. The molecule has 5 nitrogen and oxygen atoms in total. The lowest BCUT2D eigenvalue weighted by Gasteiger charge is -2.24. The van der Waals surface area contributed by atoms with Crippen LogP contribution in [0, 0.1) is 0 Å². The second kappa shape index (κ2) is 7.95. The van der Waals surface area contributed by atoms with Crippen molar-refractivity contribution >= 4 is 39.2 Å². The molecule has 2 heterocycles. The topological polar surface area (TPSA) is 64.0 Å². The number of hydrogen-bond donors (Lipinski definition) is 1. The quantitative estimate of drug-likeness (QED) is 0.621. The Bertz CT molecular complexity index is 912. The summed E-state index contributed by atoms with van der Waals surface area (Å²) in [5.74, 6) is 0.0479. The van der Waals surface area contributed by atoms with Gasteiger partial charge in [-0.3, -0.25) is 14.2 Å². The number of aryl methyl sites for hydroxylation is 2. The minimum absolute atomic E-state index is 0.0294. The van der Waals surface area contributed by atoms with E-state index in [1.54, 1.807) is 23.0 Å². The first-order valence-electron chi connectivity index (χ1n) is 10.0. The fourth-order valence-corrected chi connectivity index (χ4v) is 6.34. The normalized spacial score (nSPS) is 19.0. The van der Waals surface area contributed by atoms with Crippen molar-refractivity contribution in [2.24, 2.45) is 7.05 Å². The van der Waals surface area contributed by atoms with E-state index in [9.17, 15) is 9.59 Å². The van der Waals surface area contributed by atoms with Crippen molar-refractivity contribution in [3.05, 3.63) is 20.8 Å². The van der Waals surface area contributed by atoms with E-state index in [1.807, 2.05) is 6.92 Å². The molecule has 146 valence electrons. The van der Waals surface area contributed by atoms with E-state index in [1.165, 1.54) is 47.9 Å². The number of amides is 1. The summed E-state index contributed by atoms with van der Waals surface area (Å²) in [6, 6.07) is 0.303. The third kappa shape index (κ3) is 3.81. The van der Waals surface area contributed by atoms with Gasteiger partial charge in [0.25, 0.3) is 5.56 Å². The van der Waals surface area contributed by atoms with Crippen LogP contribution >= 0.6 is 23.1 Å². The van der Waals surface area contributed by atoms with Crippen LogP contribution in [0.1, 0.15) is 62.3 Å². The second-order valence-corrected chi connectivity index (χ2v) is 10.1. The number of nitrogens with zero attached hydrogens (tertiary/aromatic N) is 2. The SMILES string of the molecule is CC(Sc1nc2sc3c(c2c(=O)n1C)CCCC3)C(=O)NC1CCCCC1. The predicted molar refractivity (Wildman–Crippen MR) is 112 cm³/mol. The zero-order valence-corrected chi connectivity index (χ0v) is 17.7. The first kappa shape index (κ1) is 19.0. The average molecular weight is 406 g/mol. The van der Waals surface area contributed by atoms with E-state index in [2.05, 4.69) is 5.32 Å². The van der Waals surface area contributed by atoms with Gasteiger partial charge < -0.3 is 5.32 Å². The molecule has 0 aliphatic heterocycles. The maximum atomic E-state index is 13.0. The van der Waals surface area contributed by atoms with Crippen LogP contribution in [0.2, 0.25) is 0 Å². The molecule has 2 aliphatic rings. The van der Waals surface area contributed by atoms with E-state index < -0.39 is 0 Å². The van der Waals surface area contributed by atoms with Crippen LogP contribution in [0.5, 0.6) is 0 Å². The van der Waals surface area contributed by atoms with Crippen molar-refractivity contribution < 1.29 is 4.79 Å². The number of nitrogens with one attached hydrogen (secondary N) is 1. The van der Waals surface area contributed by atoms with E-state index in [0.29, 0.717) is 11.2 Å². The molecule has 0 spiro atoms. The van der Waals surface area contributed by atoms with Gasteiger partial charge in [0.05, 0.1) is 10.6 Å². The average Bonchev–Trinajstić information content (AvgIpc) is 3.05. The molecule has 0 radical (unpaired) electrons. The second-order valence-electron chi connectivity index (χ2n) is 7.75. The third-order valence-electron chi connectivity index (χ3n) is 5.76. The number of carbonyl (C=O) groups excluding carboxylic acids is 1. The Morgan fingerprint density at radius 1 is 1.22 bits per heavy atom. The van der Waals surface area contributed by atoms with Gasteiger partial charge in [0.2, 0.25) is 5.91 Å². The highest BCUT2D eigenvalue weighted by Crippen LogP contribution is 2.35. The number of thiophene rings is 1. The zero-order valence-electron chi connectivity index (χ0n) is 16.0. The largest absolute Gasteiger partial charge is 0.352 e. The van der Waals surface area contributed by atoms with Crippen LogP contribution in [0.25, 0.3) is 10.2 Å². The van der Waals surface area contributed by atoms with Gasteiger partial charge in [0.1, 0.15) is 4.83 Å². The monoisotopic (exact) mass is 405 g/mol. The smallest absolute Gasteiger partial charge is 0.262 e. The van der Waals surface area contributed by atoms with Crippen LogP contribution in [-0.2, 0) is 24.7 Å². The van der Waals surface area contributed by atoms with Gasteiger partial charge >= 0.3 is 0 Å². The molecule has 0 bridgehead atoms. The molecule has 7 heteroatoms. The van der Waals surface area contributed by atoms with Crippen molar-refractivity contribution in [1.29, 1.82) is 0 Å².